The van der Waals surface area contributed by atoms with Crippen molar-refractivity contribution in [2.75, 3.05) is 0 Å². The van der Waals surface area contributed by atoms with Crippen molar-refractivity contribution in [1.82, 2.24) is 0 Å². The van der Waals surface area contributed by atoms with Gasteiger partial charge in [0.1, 0.15) is 12.4 Å². The Morgan fingerprint density at radius 1 is 0.767 bits per heavy atom. The summed E-state index contributed by atoms with van der Waals surface area (Å²) in [6.07, 6.45) is 1.90. The fraction of sp³-hybridized carbons (Fsp3) is 0.694. The number of hydrogen-bond donors (Lipinski definition) is 1. The number of allylic oxidation sites excluding steroid dienone is 2. The van der Waals surface area contributed by atoms with Gasteiger partial charge in [-0.05, 0) is 45.6 Å². The van der Waals surface area contributed by atoms with Gasteiger partial charge in [0.2, 0.25) is 9.04 Å². The molecular weight excluding hydrogens is 581 g/mol. The molecular formula is C36H64O4Si3. The first-order valence-corrected chi connectivity index (χ1v) is 24.9. The van der Waals surface area contributed by atoms with E-state index >= 15 is 0 Å². The summed E-state index contributed by atoms with van der Waals surface area (Å²) in [4.78, 5) is 13.5. The number of benzene rings is 1. The topological polar surface area (TPSA) is 55.8 Å². The molecule has 0 saturated heterocycles. The van der Waals surface area contributed by atoms with Crippen LogP contribution in [0, 0.1) is 10.8 Å². The molecule has 1 aliphatic carbocycles. The minimum absolute atomic E-state index is 0.0462. The monoisotopic (exact) mass is 644 g/mol. The van der Waals surface area contributed by atoms with E-state index in [1.165, 1.54) is 0 Å². The SMILES string of the molecule is C[SiH](C)OC1=C(C(=O)O)C=C(OCc2ccccc2)C(C(C)(C)C)([Si](C)(C)C(C)(C)C)C1(C(C)(C)C)[Si](C)(C)C(C)(C)C. The van der Waals surface area contributed by atoms with Crippen LogP contribution in [-0.2, 0) is 20.6 Å². The largest absolute Gasteiger partial charge is 0.549 e. The summed E-state index contributed by atoms with van der Waals surface area (Å²) in [5.41, 5.74) is 0.682. The van der Waals surface area contributed by atoms with Crippen LogP contribution >= 0.6 is 0 Å². The second-order valence-electron chi connectivity index (χ2n) is 18.2. The molecule has 244 valence electrons. The quantitative estimate of drug-likeness (QED) is 0.286. The lowest BCUT2D eigenvalue weighted by molar-refractivity contribution is -0.132. The van der Waals surface area contributed by atoms with Crippen LogP contribution in [-0.4, -0.2) is 36.3 Å². The molecule has 2 atom stereocenters. The van der Waals surface area contributed by atoms with Gasteiger partial charge in [-0.2, -0.15) is 0 Å². The number of ether oxygens (including phenoxy) is 1. The van der Waals surface area contributed by atoms with Crippen LogP contribution in [0.15, 0.2) is 53.5 Å². The lowest BCUT2D eigenvalue weighted by Gasteiger charge is -2.76. The van der Waals surface area contributed by atoms with Gasteiger partial charge in [0, 0.05) is 10.1 Å². The Kier molecular flexibility index (Phi) is 10.2. The molecule has 0 fully saturated rings. The van der Waals surface area contributed by atoms with E-state index in [9.17, 15) is 9.90 Å². The molecule has 2 unspecified atom stereocenters. The molecule has 0 bridgehead atoms. The van der Waals surface area contributed by atoms with Crippen molar-refractivity contribution in [3.05, 3.63) is 59.1 Å². The van der Waals surface area contributed by atoms with E-state index in [0.29, 0.717) is 6.61 Å². The Balaban J connectivity index is 3.53. The van der Waals surface area contributed by atoms with Crippen LogP contribution in [0.3, 0.4) is 0 Å². The smallest absolute Gasteiger partial charge is 0.339 e. The Hall–Kier alpha value is -1.58. The molecule has 4 nitrogen and oxygen atoms in total. The summed E-state index contributed by atoms with van der Waals surface area (Å²) in [6.45, 7) is 43.4. The molecule has 0 radical (unpaired) electrons. The number of carboxylic acids is 1. The van der Waals surface area contributed by atoms with Gasteiger partial charge in [0.05, 0.1) is 27.5 Å². The van der Waals surface area contributed by atoms with Gasteiger partial charge in [0.15, 0.2) is 0 Å². The normalized spacial score (nSPS) is 22.9. The maximum atomic E-state index is 13.5. The number of carboxylic acid groups (broad SMARTS) is 1. The predicted molar refractivity (Wildman–Crippen MR) is 193 cm³/mol. The van der Waals surface area contributed by atoms with Crippen LogP contribution in [0.2, 0.25) is 59.4 Å². The summed E-state index contributed by atoms with van der Waals surface area (Å²) in [5.74, 6) is 0.633. The molecule has 0 spiro atoms. The molecule has 1 aromatic rings. The first-order valence-electron chi connectivity index (χ1n) is 16.1. The third kappa shape index (κ3) is 5.69. The van der Waals surface area contributed by atoms with Crippen LogP contribution in [0.25, 0.3) is 0 Å². The number of hydrogen-bond acceptors (Lipinski definition) is 3. The molecule has 7 heteroatoms. The van der Waals surface area contributed by atoms with Gasteiger partial charge in [-0.25, -0.2) is 4.79 Å². The minimum Gasteiger partial charge on any atom is -0.549 e. The van der Waals surface area contributed by atoms with Crippen molar-refractivity contribution in [1.29, 1.82) is 0 Å². The first kappa shape index (κ1) is 37.6. The van der Waals surface area contributed by atoms with Gasteiger partial charge < -0.3 is 14.3 Å². The Bertz CT molecular complexity index is 1230. The van der Waals surface area contributed by atoms with Crippen LogP contribution in [0.4, 0.5) is 0 Å². The third-order valence-corrected chi connectivity index (χ3v) is 26.4. The lowest BCUT2D eigenvalue weighted by atomic mass is 9.58. The first-order chi connectivity index (χ1) is 19.1. The van der Waals surface area contributed by atoms with Gasteiger partial charge in [-0.15, -0.1) is 0 Å². The zero-order valence-electron chi connectivity index (χ0n) is 30.9. The molecule has 0 aliphatic heterocycles. The molecule has 1 N–H and O–H groups in total. The van der Waals surface area contributed by atoms with E-state index < -0.39 is 41.2 Å². The lowest BCUT2D eigenvalue weighted by Crippen LogP contribution is -2.73. The van der Waals surface area contributed by atoms with E-state index in [1.807, 2.05) is 24.3 Å². The van der Waals surface area contributed by atoms with Crippen LogP contribution in [0.1, 0.15) is 88.6 Å². The third-order valence-electron chi connectivity index (χ3n) is 11.5. The highest BCUT2D eigenvalue weighted by atomic mass is 28.3. The van der Waals surface area contributed by atoms with Gasteiger partial charge in [-0.3, -0.25) is 0 Å². The van der Waals surface area contributed by atoms with Gasteiger partial charge in [0.25, 0.3) is 0 Å². The zero-order chi connectivity index (χ0) is 33.8. The molecule has 1 aliphatic rings. The van der Waals surface area contributed by atoms with Crippen molar-refractivity contribution >= 4 is 31.2 Å². The Morgan fingerprint density at radius 2 is 1.19 bits per heavy atom. The summed E-state index contributed by atoms with van der Waals surface area (Å²) in [6, 6.07) is 10.3. The second-order valence-corrected chi connectivity index (χ2v) is 31.6. The summed E-state index contributed by atoms with van der Waals surface area (Å²) in [5, 5.41) is 9.74. The summed E-state index contributed by atoms with van der Waals surface area (Å²) >= 11 is 0. The average Bonchev–Trinajstić information content (AvgIpc) is 2.79. The molecule has 0 heterocycles. The summed E-state index contributed by atoms with van der Waals surface area (Å²) in [7, 11) is -6.88. The summed E-state index contributed by atoms with van der Waals surface area (Å²) < 4.78 is 14.3. The van der Waals surface area contributed by atoms with Crippen LogP contribution in [0.5, 0.6) is 0 Å². The number of carbonyl (C=O) groups is 1. The number of rotatable bonds is 8. The highest BCUT2D eigenvalue weighted by Crippen LogP contribution is 2.87. The Morgan fingerprint density at radius 3 is 1.53 bits per heavy atom. The molecule has 0 saturated carbocycles. The predicted octanol–water partition coefficient (Wildman–Crippen LogP) is 11.0. The van der Waals surface area contributed by atoms with Gasteiger partial charge >= 0.3 is 5.97 Å². The highest BCUT2D eigenvalue weighted by molar-refractivity contribution is 6.91. The molecule has 0 aromatic heterocycles. The maximum absolute atomic E-state index is 13.5. The Labute approximate surface area is 268 Å². The second kappa shape index (κ2) is 11.7. The van der Waals surface area contributed by atoms with Crippen molar-refractivity contribution in [2.24, 2.45) is 10.8 Å². The van der Waals surface area contributed by atoms with E-state index in [0.717, 1.165) is 17.1 Å². The van der Waals surface area contributed by atoms with E-state index in [1.54, 1.807) is 0 Å². The molecule has 0 amide bonds. The number of aliphatic carboxylic acids is 1. The van der Waals surface area contributed by atoms with E-state index in [-0.39, 0.29) is 26.5 Å². The van der Waals surface area contributed by atoms with Crippen molar-refractivity contribution in [3.8, 4) is 0 Å². The minimum atomic E-state index is -2.60. The highest BCUT2D eigenvalue weighted by Gasteiger charge is 2.81. The van der Waals surface area contributed by atoms with Crippen molar-refractivity contribution in [2.45, 2.75) is 149 Å². The average molecular weight is 645 g/mol. The molecule has 1 aromatic carbocycles. The fourth-order valence-electron chi connectivity index (χ4n) is 8.66. The van der Waals surface area contributed by atoms with E-state index in [4.69, 9.17) is 9.16 Å². The van der Waals surface area contributed by atoms with Gasteiger partial charge in [-0.1, -0.05) is 140 Å². The standard InChI is InChI=1S/C36H64O4Si3/c1-31(2,3)35(42(15,16)33(7,8)9)28(39-25-26-22-20-19-21-23-26)24-27(30(37)38)29(40-41(13)14)36(35,32(4,5)6)43(17,18)34(10,11)12/h19-24,41H,25H2,1-18H3,(H,37,38). The maximum Gasteiger partial charge on any atom is 0.339 e. The van der Waals surface area contributed by atoms with E-state index in [2.05, 4.69) is 134 Å². The zero-order valence-corrected chi connectivity index (χ0v) is 34.1. The fourth-order valence-corrected chi connectivity index (χ4v) is 21.8. The molecule has 2 rings (SSSR count). The van der Waals surface area contributed by atoms with Crippen LogP contribution < -0.4 is 0 Å². The van der Waals surface area contributed by atoms with Crippen molar-refractivity contribution < 1.29 is 19.1 Å². The van der Waals surface area contributed by atoms with Crippen molar-refractivity contribution in [3.63, 3.8) is 0 Å². The molecule has 43 heavy (non-hydrogen) atoms.